The Balaban J connectivity index is 1.68. The number of rotatable bonds is 6. The van der Waals surface area contributed by atoms with Crippen LogP contribution in [0, 0.1) is 0 Å². The molecule has 1 N–H and O–H groups in total. The summed E-state index contributed by atoms with van der Waals surface area (Å²) in [5.41, 5.74) is 1.53. The van der Waals surface area contributed by atoms with Crippen LogP contribution in [0.25, 0.3) is 17.0 Å². The number of thiophene rings is 1. The van der Waals surface area contributed by atoms with Crippen molar-refractivity contribution in [2.45, 2.75) is 12.5 Å². The first-order valence-corrected chi connectivity index (χ1v) is 8.98. The highest BCUT2D eigenvalue weighted by atomic mass is 32.1. The molecule has 26 heavy (non-hydrogen) atoms. The molecule has 0 radical (unpaired) electrons. The number of carbonyl (C=O) groups excluding carboxylic acids is 2. The van der Waals surface area contributed by atoms with E-state index in [9.17, 15) is 9.59 Å². The molecule has 2 heterocycles. The molecular formula is C20H18N2O3S. The Hall–Kier alpha value is -2.99. The lowest BCUT2D eigenvalue weighted by molar-refractivity contribution is -0.144. The summed E-state index contributed by atoms with van der Waals surface area (Å²) in [5.74, 6) is -0.837. The molecule has 6 heteroatoms. The van der Waals surface area contributed by atoms with E-state index in [0.717, 1.165) is 15.8 Å². The number of benzene rings is 1. The molecule has 0 fully saturated rings. The van der Waals surface area contributed by atoms with E-state index in [2.05, 4.69) is 10.3 Å². The number of hydrogen-bond acceptors (Lipinski definition) is 5. The fourth-order valence-electron chi connectivity index (χ4n) is 2.52. The van der Waals surface area contributed by atoms with Gasteiger partial charge in [-0.3, -0.25) is 4.79 Å². The lowest BCUT2D eigenvalue weighted by Gasteiger charge is -2.14. The highest BCUT2D eigenvalue weighted by molar-refractivity contribution is 7.09. The fourth-order valence-corrected chi connectivity index (χ4v) is 3.27. The fraction of sp³-hybridized carbons (Fsp3) is 0.150. The highest BCUT2D eigenvalue weighted by Crippen LogP contribution is 2.13. The molecule has 132 valence electrons. The summed E-state index contributed by atoms with van der Waals surface area (Å²) in [6, 6.07) is 14.7. The molecule has 0 saturated carbocycles. The number of fused-ring (bicyclic) bond motifs is 1. The van der Waals surface area contributed by atoms with Crippen molar-refractivity contribution in [3.05, 3.63) is 70.6 Å². The largest absolute Gasteiger partial charge is 0.467 e. The number of amides is 1. The molecule has 1 atom stereocenters. The summed E-state index contributed by atoms with van der Waals surface area (Å²) in [6.45, 7) is 0. The van der Waals surface area contributed by atoms with Crippen LogP contribution in [0.5, 0.6) is 0 Å². The van der Waals surface area contributed by atoms with Gasteiger partial charge in [-0.1, -0.05) is 30.3 Å². The van der Waals surface area contributed by atoms with Gasteiger partial charge in [-0.05, 0) is 29.7 Å². The molecule has 1 amide bonds. The van der Waals surface area contributed by atoms with Gasteiger partial charge in [0.2, 0.25) is 5.91 Å². The van der Waals surface area contributed by atoms with Crippen LogP contribution < -0.4 is 5.32 Å². The van der Waals surface area contributed by atoms with Crippen molar-refractivity contribution in [3.63, 3.8) is 0 Å². The third-order valence-corrected chi connectivity index (χ3v) is 4.71. The summed E-state index contributed by atoms with van der Waals surface area (Å²) in [7, 11) is 1.31. The standard InChI is InChI=1S/C20H18N2O3S/c1-25-20(24)18(13-16-6-4-12-26-16)22-19(23)11-10-15-9-8-14-5-2-3-7-17(14)21-15/h2-12,18H,13H2,1H3,(H,22,23)/b11-10+. The molecule has 1 aromatic carbocycles. The van der Waals surface area contributed by atoms with Gasteiger partial charge in [0.25, 0.3) is 0 Å². The van der Waals surface area contributed by atoms with Crippen LogP contribution in [0.1, 0.15) is 10.6 Å². The summed E-state index contributed by atoms with van der Waals surface area (Å²) in [5, 5.41) is 5.66. The molecular weight excluding hydrogens is 348 g/mol. The molecule has 0 spiro atoms. The van der Waals surface area contributed by atoms with Gasteiger partial charge in [0.1, 0.15) is 6.04 Å². The zero-order chi connectivity index (χ0) is 18.4. The first kappa shape index (κ1) is 17.8. The van der Waals surface area contributed by atoms with Crippen LogP contribution in [-0.4, -0.2) is 30.0 Å². The van der Waals surface area contributed by atoms with Crippen molar-refractivity contribution in [3.8, 4) is 0 Å². The number of pyridine rings is 1. The number of esters is 1. The van der Waals surface area contributed by atoms with Crippen LogP contribution in [-0.2, 0) is 20.7 Å². The van der Waals surface area contributed by atoms with Gasteiger partial charge >= 0.3 is 5.97 Å². The number of para-hydroxylation sites is 1. The second kappa shape index (κ2) is 8.40. The number of methoxy groups -OCH3 is 1. The predicted molar refractivity (Wildman–Crippen MR) is 103 cm³/mol. The summed E-state index contributed by atoms with van der Waals surface area (Å²) >= 11 is 1.53. The third-order valence-electron chi connectivity index (χ3n) is 3.81. The van der Waals surface area contributed by atoms with E-state index in [-0.39, 0.29) is 5.91 Å². The second-order valence-electron chi connectivity index (χ2n) is 5.63. The van der Waals surface area contributed by atoms with Gasteiger partial charge in [-0.2, -0.15) is 0 Å². The number of nitrogens with one attached hydrogen (secondary N) is 1. The Morgan fingerprint density at radius 1 is 1.19 bits per heavy atom. The molecule has 5 nitrogen and oxygen atoms in total. The molecule has 0 aliphatic heterocycles. The van der Waals surface area contributed by atoms with Crippen molar-refractivity contribution in [1.29, 1.82) is 0 Å². The lowest BCUT2D eigenvalue weighted by atomic mass is 10.1. The van der Waals surface area contributed by atoms with E-state index >= 15 is 0 Å². The minimum Gasteiger partial charge on any atom is -0.467 e. The molecule has 3 aromatic rings. The molecule has 0 aliphatic rings. The summed E-state index contributed by atoms with van der Waals surface area (Å²) < 4.78 is 4.79. The number of nitrogens with zero attached hydrogens (tertiary/aromatic N) is 1. The Morgan fingerprint density at radius 3 is 2.81 bits per heavy atom. The zero-order valence-corrected chi connectivity index (χ0v) is 15.0. The third kappa shape index (κ3) is 4.55. The Labute approximate surface area is 155 Å². The maximum Gasteiger partial charge on any atom is 0.328 e. The smallest absolute Gasteiger partial charge is 0.328 e. The first-order valence-electron chi connectivity index (χ1n) is 8.10. The molecule has 2 aromatic heterocycles. The minimum atomic E-state index is -0.722. The van der Waals surface area contributed by atoms with Crippen molar-refractivity contribution in [2.75, 3.05) is 7.11 Å². The topological polar surface area (TPSA) is 68.3 Å². The molecule has 0 aliphatic carbocycles. The van der Waals surface area contributed by atoms with E-state index in [1.165, 1.54) is 24.5 Å². The van der Waals surface area contributed by atoms with Crippen molar-refractivity contribution in [1.82, 2.24) is 10.3 Å². The second-order valence-corrected chi connectivity index (χ2v) is 6.66. The predicted octanol–water partition coefficient (Wildman–Crippen LogP) is 3.21. The monoisotopic (exact) mass is 366 g/mol. The van der Waals surface area contributed by atoms with Gasteiger partial charge in [0.05, 0.1) is 18.3 Å². The van der Waals surface area contributed by atoms with Gasteiger partial charge in [-0.15, -0.1) is 11.3 Å². The van der Waals surface area contributed by atoms with E-state index in [0.29, 0.717) is 12.1 Å². The highest BCUT2D eigenvalue weighted by Gasteiger charge is 2.21. The number of aromatic nitrogens is 1. The van der Waals surface area contributed by atoms with E-state index in [1.807, 2.05) is 53.9 Å². The summed E-state index contributed by atoms with van der Waals surface area (Å²) in [6.07, 6.45) is 3.40. The average Bonchev–Trinajstić information content (AvgIpc) is 3.18. The van der Waals surface area contributed by atoms with E-state index in [1.54, 1.807) is 6.08 Å². The number of hydrogen-bond donors (Lipinski definition) is 1. The van der Waals surface area contributed by atoms with Crippen molar-refractivity contribution >= 4 is 40.2 Å². The van der Waals surface area contributed by atoms with Crippen LogP contribution >= 0.6 is 11.3 Å². The first-order chi connectivity index (χ1) is 12.7. The lowest BCUT2D eigenvalue weighted by Crippen LogP contribution is -2.42. The zero-order valence-electron chi connectivity index (χ0n) is 14.2. The van der Waals surface area contributed by atoms with Crippen molar-refractivity contribution < 1.29 is 14.3 Å². The molecule has 0 saturated heterocycles. The Morgan fingerprint density at radius 2 is 2.04 bits per heavy atom. The van der Waals surface area contributed by atoms with E-state index < -0.39 is 12.0 Å². The number of carbonyl (C=O) groups is 2. The normalized spacial score (nSPS) is 12.2. The quantitative estimate of drug-likeness (QED) is 0.537. The Kier molecular flexibility index (Phi) is 5.76. The molecule has 0 bridgehead atoms. The SMILES string of the molecule is COC(=O)C(Cc1cccs1)NC(=O)/C=C/c1ccc2ccccc2n1. The van der Waals surface area contributed by atoms with Crippen LogP contribution in [0.3, 0.4) is 0 Å². The van der Waals surface area contributed by atoms with Gasteiger partial charge < -0.3 is 10.1 Å². The van der Waals surface area contributed by atoms with Gasteiger partial charge in [0.15, 0.2) is 0 Å². The van der Waals surface area contributed by atoms with Crippen LogP contribution in [0.2, 0.25) is 0 Å². The number of ether oxygens (including phenoxy) is 1. The van der Waals surface area contributed by atoms with Gasteiger partial charge in [-0.25, -0.2) is 9.78 Å². The van der Waals surface area contributed by atoms with Gasteiger partial charge in [0, 0.05) is 22.8 Å². The summed E-state index contributed by atoms with van der Waals surface area (Å²) in [4.78, 5) is 29.6. The Bertz CT molecular complexity index is 935. The minimum absolute atomic E-state index is 0.369. The maximum atomic E-state index is 12.2. The maximum absolute atomic E-state index is 12.2. The molecule has 1 unspecified atom stereocenters. The van der Waals surface area contributed by atoms with Crippen molar-refractivity contribution in [2.24, 2.45) is 0 Å². The van der Waals surface area contributed by atoms with E-state index in [4.69, 9.17) is 4.74 Å². The molecule has 3 rings (SSSR count). The van der Waals surface area contributed by atoms with Crippen LogP contribution in [0.15, 0.2) is 60.0 Å². The van der Waals surface area contributed by atoms with Crippen LogP contribution in [0.4, 0.5) is 0 Å². The average molecular weight is 366 g/mol.